The number of carbonyl (C=O) groups is 1. The zero-order valence-corrected chi connectivity index (χ0v) is 5.44. The highest BCUT2D eigenvalue weighted by Gasteiger charge is 2.04. The lowest BCUT2D eigenvalue weighted by atomic mass is 10.2. The third kappa shape index (κ3) is 2.15. The molecule has 0 saturated carbocycles. The second-order valence-electron chi connectivity index (χ2n) is 1.33. The van der Waals surface area contributed by atoms with E-state index >= 15 is 0 Å². The van der Waals surface area contributed by atoms with Gasteiger partial charge >= 0.3 is 0 Å². The first-order valence-electron chi connectivity index (χ1n) is 2.98. The zero-order valence-electron chi connectivity index (χ0n) is 6.68. The molecule has 0 bridgehead atoms. The summed E-state index contributed by atoms with van der Waals surface area (Å²) in [5.41, 5.74) is -0.363. The molecule has 4 heteroatoms. The molecule has 0 aromatic carbocycles. The Labute approximate surface area is 60.6 Å². The molecule has 0 saturated heterocycles. The van der Waals surface area contributed by atoms with Crippen molar-refractivity contribution in [3.8, 4) is 6.07 Å². The van der Waals surface area contributed by atoms with Gasteiger partial charge in [0.2, 0.25) is 0 Å². The number of halogens is 1. The molecule has 0 unspecified atom stereocenters. The number of nitriles is 1. The van der Waals surface area contributed by atoms with Crippen LogP contribution in [0.1, 0.15) is 6.92 Å². The van der Waals surface area contributed by atoms with Crippen LogP contribution in [0.4, 0.5) is 0 Å². The van der Waals surface area contributed by atoms with Crippen molar-refractivity contribution in [2.24, 2.45) is 5.72 Å². The maximum atomic E-state index is 10.6. The lowest BCUT2D eigenvalue weighted by molar-refractivity contribution is -0.113. The summed E-state index contributed by atoms with van der Waals surface area (Å²) in [6.07, 6.45) is 0. The van der Waals surface area contributed by atoms with E-state index in [0.717, 1.165) is 6.92 Å². The van der Waals surface area contributed by atoms with Crippen molar-refractivity contribution in [1.29, 1.82) is 5.26 Å². The van der Waals surface area contributed by atoms with Crippen LogP contribution < -0.4 is 5.72 Å². The van der Waals surface area contributed by atoms with Crippen LogP contribution in [0.5, 0.6) is 0 Å². The van der Waals surface area contributed by atoms with Gasteiger partial charge in [-0.05, 0) is 6.92 Å². The van der Waals surface area contributed by atoms with E-state index in [4.69, 9.17) is 19.7 Å². The Morgan fingerprint density at radius 2 is 2.56 bits per heavy atom. The maximum Gasteiger partial charge on any atom is 0.173 e. The Kier molecular flexibility index (Phi) is 1.67. The van der Waals surface area contributed by atoms with Crippen molar-refractivity contribution in [2.75, 3.05) is 0 Å². The van der Waals surface area contributed by atoms with E-state index in [1.54, 1.807) is 0 Å². The predicted molar refractivity (Wildman–Crippen MR) is 33.4 cm³/mol. The molecule has 0 aliphatic heterocycles. The fourth-order valence-corrected chi connectivity index (χ4v) is 0.445. The van der Waals surface area contributed by atoms with Gasteiger partial charge in [0.05, 0.1) is 0 Å². The highest BCUT2D eigenvalue weighted by atomic mass is 35.5. The van der Waals surface area contributed by atoms with E-state index in [2.05, 4.69) is 0 Å². The Morgan fingerprint density at radius 3 is 2.67 bits per heavy atom. The van der Waals surface area contributed by atoms with Gasteiger partial charge in [-0.1, -0.05) is 11.6 Å². The average Bonchev–Trinajstić information content (AvgIpc) is 1.88. The largest absolute Gasteiger partial charge is 0.388 e. The molecule has 0 aromatic rings. The summed E-state index contributed by atoms with van der Waals surface area (Å²) in [6.45, 7) is 1.14. The van der Waals surface area contributed by atoms with Crippen LogP contribution in [-0.4, -0.2) is 5.78 Å². The number of allylic oxidation sites excluding steroid dienone is 1. The summed E-state index contributed by atoms with van der Waals surface area (Å²) in [4.78, 5) is 10.6. The first kappa shape index (κ1) is 4.83. The second kappa shape index (κ2) is 3.10. The molecule has 0 fully saturated rings. The maximum absolute atomic E-state index is 10.6. The standard InChI is InChI=1S/C5H5ClN2O/c1-3(9)4(2-7)5(6)8/h8H2,1H3/b5-4+/i/hD2. The van der Waals surface area contributed by atoms with Gasteiger partial charge in [0.15, 0.2) is 8.61 Å². The smallest absolute Gasteiger partial charge is 0.173 e. The van der Waals surface area contributed by atoms with Crippen molar-refractivity contribution >= 4 is 17.4 Å². The minimum atomic E-state index is -0.554. The highest BCUT2D eigenvalue weighted by Crippen LogP contribution is 2.01. The molecule has 0 atom stereocenters. The molecule has 3 nitrogen and oxygen atoms in total. The van der Waals surface area contributed by atoms with Gasteiger partial charge in [-0.15, -0.1) is 0 Å². The van der Waals surface area contributed by atoms with Crippen LogP contribution in [0.25, 0.3) is 0 Å². The SMILES string of the molecule is [2H]N([2H])/C(Cl)=C(\C#N)C(C)=O. The number of nitrogens with two attached hydrogens (primary N) is 1. The minimum Gasteiger partial charge on any atom is -0.388 e. The minimum absolute atomic E-state index is 0.0154. The molecule has 0 amide bonds. The van der Waals surface area contributed by atoms with Crippen molar-refractivity contribution < 1.29 is 7.62 Å². The summed E-state index contributed by atoms with van der Waals surface area (Å²) < 4.78 is 13.2. The third-order valence-electron chi connectivity index (χ3n) is 0.670. The van der Waals surface area contributed by atoms with E-state index in [9.17, 15) is 4.79 Å². The number of nitrogens with zero attached hydrogens (tertiary/aromatic N) is 1. The number of carbonyl (C=O) groups excluding carboxylic acids is 1. The topological polar surface area (TPSA) is 66.9 Å². The van der Waals surface area contributed by atoms with Gasteiger partial charge in [-0.3, -0.25) is 4.79 Å². The fraction of sp³-hybridized carbons (Fsp3) is 0.200. The molecule has 0 aromatic heterocycles. The van der Waals surface area contributed by atoms with Gasteiger partial charge in [-0.2, -0.15) is 5.26 Å². The predicted octanol–water partition coefficient (Wildman–Crippen LogP) is 0.508. The molecular formula is C5H5ClN2O. The van der Waals surface area contributed by atoms with Crippen molar-refractivity contribution in [2.45, 2.75) is 6.92 Å². The molecule has 0 aliphatic carbocycles. The summed E-state index contributed by atoms with van der Waals surface area (Å²) >= 11 is 5.26. The Morgan fingerprint density at radius 1 is 2.00 bits per heavy atom. The molecule has 0 spiro atoms. The summed E-state index contributed by atoms with van der Waals surface area (Å²) in [5.74, 6) is -0.554. The van der Waals surface area contributed by atoms with Crippen LogP contribution in [0.3, 0.4) is 0 Å². The monoisotopic (exact) mass is 146 g/mol. The Bertz CT molecular complexity index is 243. The van der Waals surface area contributed by atoms with Gasteiger partial charge in [0, 0.05) is 0 Å². The first-order valence-corrected chi connectivity index (χ1v) is 2.47. The van der Waals surface area contributed by atoms with Crippen molar-refractivity contribution in [3.63, 3.8) is 0 Å². The quantitative estimate of drug-likeness (QED) is 0.351. The number of hydrogen-bond acceptors (Lipinski definition) is 3. The van der Waals surface area contributed by atoms with Crippen LogP contribution in [0.2, 0.25) is 2.82 Å². The molecule has 48 valence electrons. The van der Waals surface area contributed by atoms with E-state index in [-0.39, 0.29) is 11.3 Å². The van der Waals surface area contributed by atoms with E-state index in [1.807, 2.05) is 0 Å². The number of Topliss-reactive ketones (excluding diaryl/α,β-unsaturated/α-hetero) is 1. The van der Waals surface area contributed by atoms with E-state index in [1.165, 1.54) is 6.07 Å². The summed E-state index contributed by atoms with van der Waals surface area (Å²) in [5, 5.41) is 7.82. The lowest BCUT2D eigenvalue weighted by Crippen LogP contribution is -2.01. The Balaban J connectivity index is 4.88. The summed E-state index contributed by atoms with van der Waals surface area (Å²) in [7, 11) is 0. The first-order chi connectivity index (χ1) is 5.00. The van der Waals surface area contributed by atoms with Crippen molar-refractivity contribution in [3.05, 3.63) is 10.7 Å². The van der Waals surface area contributed by atoms with E-state index < -0.39 is 10.9 Å². The van der Waals surface area contributed by atoms with E-state index in [0.29, 0.717) is 0 Å². The van der Waals surface area contributed by atoms with Crippen LogP contribution in [0.15, 0.2) is 10.7 Å². The third-order valence-corrected chi connectivity index (χ3v) is 0.859. The summed E-state index contributed by atoms with van der Waals surface area (Å²) in [6, 6.07) is 1.50. The van der Waals surface area contributed by atoms with Crippen LogP contribution in [-0.2, 0) is 4.79 Å². The highest BCUT2D eigenvalue weighted by molar-refractivity contribution is 6.31. The molecule has 0 rings (SSSR count). The number of hydrogen-bond donors (Lipinski definition) is 1. The van der Waals surface area contributed by atoms with Gasteiger partial charge in [-0.25, -0.2) is 0 Å². The molecule has 0 heterocycles. The van der Waals surface area contributed by atoms with Gasteiger partial charge in [0.25, 0.3) is 0 Å². The molecule has 9 heavy (non-hydrogen) atoms. The van der Waals surface area contributed by atoms with Crippen molar-refractivity contribution in [1.82, 2.24) is 0 Å². The van der Waals surface area contributed by atoms with Crippen LogP contribution >= 0.6 is 11.6 Å². The van der Waals surface area contributed by atoms with Crippen LogP contribution in [0, 0.1) is 11.3 Å². The lowest BCUT2D eigenvalue weighted by Gasteiger charge is -1.88. The van der Waals surface area contributed by atoms with Gasteiger partial charge in [0.1, 0.15) is 16.8 Å². The number of ketones is 1. The molecule has 2 N–H and O–H groups in total. The average molecular weight is 147 g/mol. The molecule has 0 aliphatic rings. The second-order valence-corrected chi connectivity index (χ2v) is 1.69. The molecule has 0 radical (unpaired) electrons. The normalized spacial score (nSPS) is 14.3. The fourth-order valence-electron chi connectivity index (χ4n) is 0.270. The van der Waals surface area contributed by atoms with Gasteiger partial charge < -0.3 is 5.72 Å². The molecular weight excluding hydrogens is 140 g/mol. The Hall–Kier alpha value is -1.01. The zero-order chi connectivity index (χ0) is 9.02. The number of rotatable bonds is 2.